The fourth-order valence-electron chi connectivity index (χ4n) is 2.64. The molecule has 0 bridgehead atoms. The Morgan fingerprint density at radius 2 is 1.44 bits per heavy atom. The summed E-state index contributed by atoms with van der Waals surface area (Å²) >= 11 is 0. The molecule has 9 heavy (non-hydrogen) atoms. The van der Waals surface area contributed by atoms with Crippen LogP contribution < -0.4 is 0 Å². The molecule has 0 amide bonds. The molecule has 0 aliphatic heterocycles. The standard InChI is InChI=1S/C9H16/c1-9(2,3)8-6-4-5-7(6)8/h6-8H,4-5H2,1-3H3. The van der Waals surface area contributed by atoms with Crippen molar-refractivity contribution in [3.05, 3.63) is 0 Å². The van der Waals surface area contributed by atoms with Crippen LogP contribution in [-0.2, 0) is 0 Å². The maximum atomic E-state index is 2.38. The topological polar surface area (TPSA) is 0 Å². The monoisotopic (exact) mass is 124 g/mol. The van der Waals surface area contributed by atoms with Gasteiger partial charge in [0.2, 0.25) is 0 Å². The Kier molecular flexibility index (Phi) is 0.868. The molecule has 2 saturated carbocycles. The van der Waals surface area contributed by atoms with Crippen molar-refractivity contribution in [1.82, 2.24) is 0 Å². The lowest BCUT2D eigenvalue weighted by Gasteiger charge is -2.16. The molecule has 2 unspecified atom stereocenters. The minimum absolute atomic E-state index is 0.617. The predicted molar refractivity (Wildman–Crippen MR) is 39.2 cm³/mol. The average molecular weight is 124 g/mol. The second-order valence-electron chi connectivity index (χ2n) is 4.80. The molecular weight excluding hydrogens is 108 g/mol. The van der Waals surface area contributed by atoms with Crippen LogP contribution in [0.2, 0.25) is 0 Å². The third-order valence-electron chi connectivity index (χ3n) is 3.16. The van der Waals surface area contributed by atoms with Crippen LogP contribution in [0.25, 0.3) is 0 Å². The number of fused-ring (bicyclic) bond motifs is 1. The summed E-state index contributed by atoms with van der Waals surface area (Å²) in [5, 5.41) is 0. The summed E-state index contributed by atoms with van der Waals surface area (Å²) in [6.07, 6.45) is 3.07. The van der Waals surface area contributed by atoms with Crippen LogP contribution in [0.5, 0.6) is 0 Å². The fraction of sp³-hybridized carbons (Fsp3) is 1.00. The first kappa shape index (κ1) is 5.76. The van der Waals surface area contributed by atoms with Crippen LogP contribution >= 0.6 is 0 Å². The molecule has 0 aromatic carbocycles. The van der Waals surface area contributed by atoms with E-state index >= 15 is 0 Å². The minimum Gasteiger partial charge on any atom is -0.0599 e. The van der Waals surface area contributed by atoms with E-state index in [4.69, 9.17) is 0 Å². The van der Waals surface area contributed by atoms with Gasteiger partial charge in [-0.1, -0.05) is 20.8 Å². The molecule has 2 rings (SSSR count). The van der Waals surface area contributed by atoms with Gasteiger partial charge in [0.15, 0.2) is 0 Å². The van der Waals surface area contributed by atoms with Gasteiger partial charge >= 0.3 is 0 Å². The molecule has 0 spiro atoms. The summed E-state index contributed by atoms with van der Waals surface area (Å²) in [5.41, 5.74) is 0.617. The molecule has 52 valence electrons. The Morgan fingerprint density at radius 1 is 1.00 bits per heavy atom. The summed E-state index contributed by atoms with van der Waals surface area (Å²) in [4.78, 5) is 0. The van der Waals surface area contributed by atoms with Crippen molar-refractivity contribution in [2.45, 2.75) is 33.6 Å². The molecule has 2 atom stereocenters. The largest absolute Gasteiger partial charge is 0.0599 e. The Morgan fingerprint density at radius 3 is 1.56 bits per heavy atom. The van der Waals surface area contributed by atoms with Crippen LogP contribution in [-0.4, -0.2) is 0 Å². The van der Waals surface area contributed by atoms with E-state index in [0.717, 1.165) is 17.8 Å². The Balaban J connectivity index is 2.02. The number of rotatable bonds is 0. The van der Waals surface area contributed by atoms with E-state index in [9.17, 15) is 0 Å². The van der Waals surface area contributed by atoms with E-state index in [2.05, 4.69) is 20.8 Å². The van der Waals surface area contributed by atoms with Gasteiger partial charge in [-0.3, -0.25) is 0 Å². The van der Waals surface area contributed by atoms with E-state index in [0.29, 0.717) is 5.41 Å². The second-order valence-corrected chi connectivity index (χ2v) is 4.80. The highest BCUT2D eigenvalue weighted by Gasteiger charge is 2.60. The average Bonchev–Trinajstić information content (AvgIpc) is 2.04. The van der Waals surface area contributed by atoms with Crippen LogP contribution in [0.1, 0.15) is 33.6 Å². The van der Waals surface area contributed by atoms with E-state index < -0.39 is 0 Å². The van der Waals surface area contributed by atoms with Crippen LogP contribution in [0.15, 0.2) is 0 Å². The van der Waals surface area contributed by atoms with Crippen LogP contribution in [0, 0.1) is 23.2 Å². The lowest BCUT2D eigenvalue weighted by molar-refractivity contribution is 0.332. The third-order valence-corrected chi connectivity index (χ3v) is 3.16. The van der Waals surface area contributed by atoms with Gasteiger partial charge in [0.05, 0.1) is 0 Å². The van der Waals surface area contributed by atoms with Crippen LogP contribution in [0.3, 0.4) is 0 Å². The van der Waals surface area contributed by atoms with Crippen molar-refractivity contribution in [2.24, 2.45) is 23.2 Å². The van der Waals surface area contributed by atoms with Crippen molar-refractivity contribution in [1.29, 1.82) is 0 Å². The van der Waals surface area contributed by atoms with Crippen LogP contribution in [0.4, 0.5) is 0 Å². The van der Waals surface area contributed by atoms with Crippen molar-refractivity contribution in [3.8, 4) is 0 Å². The summed E-state index contributed by atoms with van der Waals surface area (Å²) in [7, 11) is 0. The molecule has 0 aromatic rings. The lowest BCUT2D eigenvalue weighted by atomic mass is 9.89. The second kappa shape index (κ2) is 1.36. The van der Waals surface area contributed by atoms with Gasteiger partial charge in [0.1, 0.15) is 0 Å². The summed E-state index contributed by atoms with van der Waals surface area (Å²) in [5.74, 6) is 3.41. The van der Waals surface area contributed by atoms with E-state index in [1.807, 2.05) is 0 Å². The molecule has 0 heterocycles. The zero-order valence-corrected chi connectivity index (χ0v) is 6.65. The van der Waals surface area contributed by atoms with Gasteiger partial charge in [-0.15, -0.1) is 0 Å². The van der Waals surface area contributed by atoms with Gasteiger partial charge < -0.3 is 0 Å². The first-order valence-corrected chi connectivity index (χ1v) is 4.11. The van der Waals surface area contributed by atoms with Crippen molar-refractivity contribution >= 4 is 0 Å². The number of hydrogen-bond acceptors (Lipinski definition) is 0. The molecule has 0 N–H and O–H groups in total. The van der Waals surface area contributed by atoms with Gasteiger partial charge in [-0.05, 0) is 36.0 Å². The van der Waals surface area contributed by atoms with Gasteiger partial charge in [0.25, 0.3) is 0 Å². The summed E-state index contributed by atoms with van der Waals surface area (Å²) < 4.78 is 0. The Labute approximate surface area is 57.6 Å². The highest BCUT2D eigenvalue weighted by atomic mass is 14.6. The fourth-order valence-corrected chi connectivity index (χ4v) is 2.64. The molecule has 2 fully saturated rings. The van der Waals surface area contributed by atoms with E-state index in [-0.39, 0.29) is 0 Å². The molecule has 0 heteroatoms. The zero-order valence-electron chi connectivity index (χ0n) is 6.65. The lowest BCUT2D eigenvalue weighted by Crippen LogP contribution is -2.08. The van der Waals surface area contributed by atoms with Gasteiger partial charge in [-0.25, -0.2) is 0 Å². The van der Waals surface area contributed by atoms with Crippen molar-refractivity contribution in [3.63, 3.8) is 0 Å². The van der Waals surface area contributed by atoms with E-state index in [1.165, 1.54) is 12.8 Å². The third kappa shape index (κ3) is 0.653. The van der Waals surface area contributed by atoms with E-state index in [1.54, 1.807) is 0 Å². The molecule has 0 nitrogen and oxygen atoms in total. The highest BCUT2D eigenvalue weighted by molar-refractivity contribution is 5.08. The molecule has 2 aliphatic rings. The van der Waals surface area contributed by atoms with Gasteiger partial charge in [-0.2, -0.15) is 0 Å². The maximum absolute atomic E-state index is 2.38. The molecule has 0 saturated heterocycles. The minimum atomic E-state index is 0.617. The Hall–Kier alpha value is 0. The predicted octanol–water partition coefficient (Wildman–Crippen LogP) is 2.69. The van der Waals surface area contributed by atoms with Crippen molar-refractivity contribution in [2.75, 3.05) is 0 Å². The molecule has 2 aliphatic carbocycles. The molecular formula is C9H16. The normalized spacial score (nSPS) is 47.7. The highest BCUT2D eigenvalue weighted by Crippen LogP contribution is 2.67. The molecule has 0 aromatic heterocycles. The molecule has 0 radical (unpaired) electrons. The zero-order chi connectivity index (χ0) is 6.65. The maximum Gasteiger partial charge on any atom is -0.0303 e. The Bertz CT molecular complexity index is 119. The summed E-state index contributed by atoms with van der Waals surface area (Å²) in [6.45, 7) is 7.15. The first-order valence-electron chi connectivity index (χ1n) is 4.11. The summed E-state index contributed by atoms with van der Waals surface area (Å²) in [6, 6.07) is 0. The number of hydrogen-bond donors (Lipinski definition) is 0. The van der Waals surface area contributed by atoms with Gasteiger partial charge in [0, 0.05) is 0 Å². The van der Waals surface area contributed by atoms with Crippen molar-refractivity contribution < 1.29 is 0 Å². The SMILES string of the molecule is CC(C)(C)C1C2CCC21. The smallest absolute Gasteiger partial charge is 0.0303 e. The quantitative estimate of drug-likeness (QED) is 0.465. The first-order chi connectivity index (χ1) is 4.11.